The van der Waals surface area contributed by atoms with Crippen molar-refractivity contribution in [1.29, 1.82) is 0 Å². The lowest BCUT2D eigenvalue weighted by Crippen LogP contribution is -2.13. The van der Waals surface area contributed by atoms with Gasteiger partial charge in [-0.3, -0.25) is 9.78 Å². The Morgan fingerprint density at radius 2 is 2.06 bits per heavy atom. The molecule has 0 atom stereocenters. The zero-order chi connectivity index (χ0) is 13.0. The van der Waals surface area contributed by atoms with E-state index in [9.17, 15) is 4.79 Å². The van der Waals surface area contributed by atoms with Gasteiger partial charge in [0.05, 0.1) is 0 Å². The number of nitrogens with zero attached hydrogens (tertiary/aromatic N) is 3. The first-order valence-electron chi connectivity index (χ1n) is 5.69. The van der Waals surface area contributed by atoms with Crippen LogP contribution in [0.2, 0.25) is 0 Å². The minimum atomic E-state index is -0.0255. The van der Waals surface area contributed by atoms with Crippen LogP contribution in [0, 0.1) is 5.92 Å². The van der Waals surface area contributed by atoms with Crippen molar-refractivity contribution in [2.24, 2.45) is 5.92 Å². The number of carbonyl (C=O) groups excluding carboxylic acids is 1. The molecule has 94 valence electrons. The van der Waals surface area contributed by atoms with E-state index in [0.717, 1.165) is 10.6 Å². The summed E-state index contributed by atoms with van der Waals surface area (Å²) in [6.07, 6.45) is 3.89. The van der Waals surface area contributed by atoms with Crippen LogP contribution in [-0.4, -0.2) is 21.1 Å². The zero-order valence-electron chi connectivity index (χ0n) is 10.3. The summed E-state index contributed by atoms with van der Waals surface area (Å²) in [6.45, 7) is 4.00. The topological polar surface area (TPSA) is 67.8 Å². The van der Waals surface area contributed by atoms with E-state index in [1.165, 1.54) is 11.3 Å². The molecule has 0 aliphatic carbocycles. The van der Waals surface area contributed by atoms with Crippen LogP contribution < -0.4 is 5.32 Å². The number of hydrogen-bond donors (Lipinski definition) is 1. The van der Waals surface area contributed by atoms with Crippen molar-refractivity contribution in [3.8, 4) is 10.6 Å². The number of pyridine rings is 1. The van der Waals surface area contributed by atoms with Crippen molar-refractivity contribution in [2.75, 3.05) is 5.32 Å². The summed E-state index contributed by atoms with van der Waals surface area (Å²) in [5.74, 6) is 0.306. The minimum absolute atomic E-state index is 0.0255. The molecule has 2 aromatic heterocycles. The molecule has 6 heteroatoms. The molecule has 0 fully saturated rings. The van der Waals surface area contributed by atoms with Gasteiger partial charge in [0.1, 0.15) is 5.01 Å². The van der Waals surface area contributed by atoms with Crippen LogP contribution in [-0.2, 0) is 4.79 Å². The molecule has 0 radical (unpaired) electrons. The molecule has 18 heavy (non-hydrogen) atoms. The quantitative estimate of drug-likeness (QED) is 0.919. The Kier molecular flexibility index (Phi) is 3.99. The highest BCUT2D eigenvalue weighted by Crippen LogP contribution is 2.25. The second-order valence-corrected chi connectivity index (χ2v) is 5.27. The highest BCUT2D eigenvalue weighted by Gasteiger charge is 2.10. The molecule has 0 spiro atoms. The molecule has 0 aliphatic rings. The number of carbonyl (C=O) groups is 1. The normalized spacial score (nSPS) is 10.6. The number of nitrogens with one attached hydrogen (secondary N) is 1. The van der Waals surface area contributed by atoms with Gasteiger partial charge in [0, 0.05) is 24.4 Å². The monoisotopic (exact) mass is 262 g/mol. The molecule has 2 heterocycles. The van der Waals surface area contributed by atoms with Gasteiger partial charge in [-0.15, -0.1) is 10.2 Å². The largest absolute Gasteiger partial charge is 0.301 e. The molecular formula is C12H14N4OS. The van der Waals surface area contributed by atoms with Crippen molar-refractivity contribution in [2.45, 2.75) is 20.3 Å². The van der Waals surface area contributed by atoms with E-state index >= 15 is 0 Å². The summed E-state index contributed by atoms with van der Waals surface area (Å²) < 4.78 is 0. The third-order valence-corrected chi connectivity index (χ3v) is 3.08. The van der Waals surface area contributed by atoms with Crippen molar-refractivity contribution in [1.82, 2.24) is 15.2 Å². The van der Waals surface area contributed by atoms with Gasteiger partial charge in [-0.25, -0.2) is 0 Å². The van der Waals surface area contributed by atoms with E-state index in [-0.39, 0.29) is 5.91 Å². The predicted molar refractivity (Wildman–Crippen MR) is 71.2 cm³/mol. The highest BCUT2D eigenvalue weighted by atomic mass is 32.1. The van der Waals surface area contributed by atoms with Crippen molar-refractivity contribution in [3.63, 3.8) is 0 Å². The van der Waals surface area contributed by atoms with Crippen LogP contribution in [0.1, 0.15) is 20.3 Å². The first-order valence-corrected chi connectivity index (χ1v) is 6.50. The van der Waals surface area contributed by atoms with Crippen molar-refractivity contribution in [3.05, 3.63) is 24.5 Å². The van der Waals surface area contributed by atoms with E-state index in [2.05, 4.69) is 20.5 Å². The molecule has 0 bridgehead atoms. The number of aromatic nitrogens is 3. The van der Waals surface area contributed by atoms with Gasteiger partial charge in [-0.2, -0.15) is 0 Å². The Morgan fingerprint density at radius 1 is 1.33 bits per heavy atom. The molecule has 1 amide bonds. The van der Waals surface area contributed by atoms with E-state index in [0.29, 0.717) is 17.5 Å². The SMILES string of the molecule is CC(C)CC(=O)Nc1nnc(-c2ccncc2)s1. The summed E-state index contributed by atoms with van der Waals surface area (Å²) in [4.78, 5) is 15.5. The molecule has 0 aromatic carbocycles. The van der Waals surface area contributed by atoms with Crippen LogP contribution >= 0.6 is 11.3 Å². The van der Waals surface area contributed by atoms with Gasteiger partial charge < -0.3 is 5.32 Å². The maximum atomic E-state index is 11.6. The van der Waals surface area contributed by atoms with Crippen LogP contribution in [0.3, 0.4) is 0 Å². The van der Waals surface area contributed by atoms with Gasteiger partial charge >= 0.3 is 0 Å². The first-order chi connectivity index (χ1) is 8.65. The van der Waals surface area contributed by atoms with Crippen LogP contribution in [0.4, 0.5) is 5.13 Å². The van der Waals surface area contributed by atoms with Crippen molar-refractivity contribution < 1.29 is 4.79 Å². The lowest BCUT2D eigenvalue weighted by atomic mass is 10.1. The fraction of sp³-hybridized carbons (Fsp3) is 0.333. The third-order valence-electron chi connectivity index (χ3n) is 2.19. The molecule has 2 rings (SSSR count). The van der Waals surface area contributed by atoms with Gasteiger partial charge in [0.25, 0.3) is 0 Å². The molecular weight excluding hydrogens is 248 g/mol. The minimum Gasteiger partial charge on any atom is -0.301 e. The highest BCUT2D eigenvalue weighted by molar-refractivity contribution is 7.18. The van der Waals surface area contributed by atoms with Crippen LogP contribution in [0.25, 0.3) is 10.6 Å². The van der Waals surface area contributed by atoms with Crippen molar-refractivity contribution >= 4 is 22.4 Å². The molecule has 0 saturated heterocycles. The Morgan fingerprint density at radius 3 is 2.72 bits per heavy atom. The summed E-state index contributed by atoms with van der Waals surface area (Å²) >= 11 is 1.36. The second kappa shape index (κ2) is 5.68. The second-order valence-electron chi connectivity index (χ2n) is 4.29. The summed E-state index contributed by atoms with van der Waals surface area (Å²) in [6, 6.07) is 3.72. The number of anilines is 1. The number of amides is 1. The number of rotatable bonds is 4. The van der Waals surface area contributed by atoms with Gasteiger partial charge in [0.2, 0.25) is 11.0 Å². The summed E-state index contributed by atoms with van der Waals surface area (Å²) in [7, 11) is 0. The molecule has 1 N–H and O–H groups in total. The Hall–Kier alpha value is -1.82. The Labute approximate surface area is 109 Å². The Bertz CT molecular complexity index is 524. The van der Waals surface area contributed by atoms with Gasteiger partial charge in [-0.05, 0) is 18.1 Å². The first kappa shape index (κ1) is 12.6. The lowest BCUT2D eigenvalue weighted by molar-refractivity contribution is -0.116. The van der Waals surface area contributed by atoms with Crippen LogP contribution in [0.15, 0.2) is 24.5 Å². The average molecular weight is 262 g/mol. The molecule has 5 nitrogen and oxygen atoms in total. The zero-order valence-corrected chi connectivity index (χ0v) is 11.1. The molecule has 2 aromatic rings. The van der Waals surface area contributed by atoms with Gasteiger partial charge in [0.15, 0.2) is 0 Å². The fourth-order valence-electron chi connectivity index (χ4n) is 1.43. The molecule has 0 saturated carbocycles. The van der Waals surface area contributed by atoms with Crippen LogP contribution in [0.5, 0.6) is 0 Å². The summed E-state index contributed by atoms with van der Waals surface area (Å²) in [5.41, 5.74) is 0.951. The number of hydrogen-bond acceptors (Lipinski definition) is 5. The fourth-order valence-corrected chi connectivity index (χ4v) is 2.19. The lowest BCUT2D eigenvalue weighted by Gasteiger charge is -2.02. The third kappa shape index (κ3) is 3.33. The molecule has 0 unspecified atom stereocenters. The maximum absolute atomic E-state index is 11.6. The summed E-state index contributed by atoms with van der Waals surface area (Å²) in [5, 5.41) is 12.1. The maximum Gasteiger partial charge on any atom is 0.226 e. The van der Waals surface area contributed by atoms with E-state index in [1.807, 2.05) is 26.0 Å². The molecule has 0 aliphatic heterocycles. The van der Waals surface area contributed by atoms with E-state index < -0.39 is 0 Å². The Balaban J connectivity index is 2.05. The van der Waals surface area contributed by atoms with E-state index in [1.54, 1.807) is 12.4 Å². The van der Waals surface area contributed by atoms with E-state index in [4.69, 9.17) is 0 Å². The predicted octanol–water partition coefficient (Wildman–Crippen LogP) is 2.58. The average Bonchev–Trinajstić information content (AvgIpc) is 2.77. The standard InChI is InChI=1S/C12H14N4OS/c1-8(2)7-10(17)14-12-16-15-11(18-12)9-3-5-13-6-4-9/h3-6,8H,7H2,1-2H3,(H,14,16,17). The van der Waals surface area contributed by atoms with Gasteiger partial charge in [-0.1, -0.05) is 25.2 Å². The smallest absolute Gasteiger partial charge is 0.226 e.